The molecular formula is C14H22N2O3. The number of nitrogens with two attached hydrogens (primary N) is 1. The fourth-order valence-electron chi connectivity index (χ4n) is 1.56. The molecule has 0 aliphatic rings. The SMILES string of the molecule is CC(CCO)CNC(=O)CCOc1ccccc1N. The number of ether oxygens (including phenoxy) is 1. The van der Waals surface area contributed by atoms with Crippen molar-refractivity contribution in [3.8, 4) is 5.75 Å². The van der Waals surface area contributed by atoms with E-state index in [1.54, 1.807) is 12.1 Å². The highest BCUT2D eigenvalue weighted by atomic mass is 16.5. The van der Waals surface area contributed by atoms with Crippen molar-refractivity contribution < 1.29 is 14.6 Å². The van der Waals surface area contributed by atoms with Crippen LogP contribution >= 0.6 is 0 Å². The van der Waals surface area contributed by atoms with Crippen molar-refractivity contribution in [1.29, 1.82) is 0 Å². The maximum atomic E-state index is 11.5. The molecule has 106 valence electrons. The third-order valence-corrected chi connectivity index (χ3v) is 2.78. The Hall–Kier alpha value is -1.75. The minimum Gasteiger partial charge on any atom is -0.491 e. The van der Waals surface area contributed by atoms with Crippen LogP contribution in [0.3, 0.4) is 0 Å². The summed E-state index contributed by atoms with van der Waals surface area (Å²) in [6.07, 6.45) is 0.984. The van der Waals surface area contributed by atoms with Crippen LogP contribution in [0.4, 0.5) is 5.69 Å². The number of hydrogen-bond donors (Lipinski definition) is 3. The monoisotopic (exact) mass is 266 g/mol. The van der Waals surface area contributed by atoms with Gasteiger partial charge in [0.25, 0.3) is 0 Å². The van der Waals surface area contributed by atoms with E-state index in [-0.39, 0.29) is 18.4 Å². The minimum absolute atomic E-state index is 0.0562. The van der Waals surface area contributed by atoms with E-state index in [9.17, 15) is 4.79 Å². The summed E-state index contributed by atoms with van der Waals surface area (Å²) in [5, 5.41) is 11.6. The van der Waals surface area contributed by atoms with Crippen LogP contribution < -0.4 is 15.8 Å². The molecule has 0 fully saturated rings. The smallest absolute Gasteiger partial charge is 0.223 e. The predicted octanol–water partition coefficient (Wildman–Crippen LogP) is 1.17. The van der Waals surface area contributed by atoms with Gasteiger partial charge in [-0.05, 0) is 24.5 Å². The van der Waals surface area contributed by atoms with Crippen LogP contribution in [0.25, 0.3) is 0 Å². The van der Waals surface area contributed by atoms with Crippen LogP contribution in [-0.4, -0.2) is 30.8 Å². The molecule has 0 aromatic heterocycles. The van der Waals surface area contributed by atoms with E-state index in [1.807, 2.05) is 19.1 Å². The molecule has 0 aliphatic heterocycles. The minimum atomic E-state index is -0.0562. The molecule has 4 N–H and O–H groups in total. The number of benzene rings is 1. The average Bonchev–Trinajstić information content (AvgIpc) is 2.39. The fourth-order valence-corrected chi connectivity index (χ4v) is 1.56. The van der Waals surface area contributed by atoms with Crippen molar-refractivity contribution in [3.63, 3.8) is 0 Å². The second-order valence-corrected chi connectivity index (χ2v) is 4.56. The molecule has 0 heterocycles. The molecule has 0 aliphatic carbocycles. The Morgan fingerprint density at radius 1 is 1.47 bits per heavy atom. The summed E-state index contributed by atoms with van der Waals surface area (Å²) in [6.45, 7) is 3.01. The quantitative estimate of drug-likeness (QED) is 0.617. The number of amides is 1. The second-order valence-electron chi connectivity index (χ2n) is 4.56. The van der Waals surface area contributed by atoms with Crippen molar-refractivity contribution >= 4 is 11.6 Å². The normalized spacial score (nSPS) is 11.9. The molecule has 0 saturated carbocycles. The Kier molecular flexibility index (Phi) is 6.74. The van der Waals surface area contributed by atoms with Gasteiger partial charge >= 0.3 is 0 Å². The average molecular weight is 266 g/mol. The molecule has 1 aromatic rings. The van der Waals surface area contributed by atoms with Gasteiger partial charge in [-0.3, -0.25) is 4.79 Å². The number of nitrogens with one attached hydrogen (secondary N) is 1. The van der Waals surface area contributed by atoms with Gasteiger partial charge in [0.05, 0.1) is 18.7 Å². The molecular weight excluding hydrogens is 244 g/mol. The van der Waals surface area contributed by atoms with Gasteiger partial charge in [-0.15, -0.1) is 0 Å². The first-order valence-corrected chi connectivity index (χ1v) is 6.48. The third kappa shape index (κ3) is 6.10. The number of anilines is 1. The van der Waals surface area contributed by atoms with Gasteiger partial charge in [0.15, 0.2) is 0 Å². The Morgan fingerprint density at radius 3 is 2.89 bits per heavy atom. The van der Waals surface area contributed by atoms with E-state index in [2.05, 4.69) is 5.32 Å². The van der Waals surface area contributed by atoms with Crippen molar-refractivity contribution in [2.45, 2.75) is 19.8 Å². The lowest BCUT2D eigenvalue weighted by Crippen LogP contribution is -2.29. The molecule has 0 radical (unpaired) electrons. The first kappa shape index (κ1) is 15.3. The number of aliphatic hydroxyl groups excluding tert-OH is 1. The zero-order valence-electron chi connectivity index (χ0n) is 11.3. The van der Waals surface area contributed by atoms with E-state index in [0.29, 0.717) is 37.4 Å². The number of hydrogen-bond acceptors (Lipinski definition) is 4. The molecule has 1 rings (SSSR count). The van der Waals surface area contributed by atoms with Gasteiger partial charge in [-0.1, -0.05) is 19.1 Å². The van der Waals surface area contributed by atoms with Crippen LogP contribution in [0, 0.1) is 5.92 Å². The number of aliphatic hydroxyl groups is 1. The highest BCUT2D eigenvalue weighted by Crippen LogP contribution is 2.19. The van der Waals surface area contributed by atoms with Crippen LogP contribution in [0.2, 0.25) is 0 Å². The Morgan fingerprint density at radius 2 is 2.21 bits per heavy atom. The summed E-state index contributed by atoms with van der Waals surface area (Å²) in [7, 11) is 0. The van der Waals surface area contributed by atoms with Gasteiger partial charge in [0, 0.05) is 13.2 Å². The fraction of sp³-hybridized carbons (Fsp3) is 0.500. The molecule has 1 atom stereocenters. The second kappa shape index (κ2) is 8.37. The molecule has 0 bridgehead atoms. The Bertz CT molecular complexity index is 396. The summed E-state index contributed by atoms with van der Waals surface area (Å²) in [6, 6.07) is 7.20. The molecule has 5 nitrogen and oxygen atoms in total. The van der Waals surface area contributed by atoms with E-state index in [4.69, 9.17) is 15.6 Å². The van der Waals surface area contributed by atoms with E-state index >= 15 is 0 Å². The molecule has 5 heteroatoms. The van der Waals surface area contributed by atoms with Crippen LogP contribution in [0.15, 0.2) is 24.3 Å². The summed E-state index contributed by atoms with van der Waals surface area (Å²) < 4.78 is 5.44. The number of para-hydroxylation sites is 2. The first-order valence-electron chi connectivity index (χ1n) is 6.48. The van der Waals surface area contributed by atoms with Gasteiger partial charge in [-0.2, -0.15) is 0 Å². The lowest BCUT2D eigenvalue weighted by Gasteiger charge is -2.12. The molecule has 1 amide bonds. The molecule has 1 unspecified atom stereocenters. The van der Waals surface area contributed by atoms with E-state index in [1.165, 1.54) is 0 Å². The van der Waals surface area contributed by atoms with Crippen molar-refractivity contribution in [1.82, 2.24) is 5.32 Å². The van der Waals surface area contributed by atoms with Gasteiger partial charge in [0.2, 0.25) is 5.91 Å². The number of carbonyl (C=O) groups excluding carboxylic acids is 1. The zero-order valence-corrected chi connectivity index (χ0v) is 11.3. The summed E-state index contributed by atoms with van der Waals surface area (Å²) in [4.78, 5) is 11.5. The van der Waals surface area contributed by atoms with Crippen LogP contribution in [0.5, 0.6) is 5.75 Å². The van der Waals surface area contributed by atoms with E-state index < -0.39 is 0 Å². The van der Waals surface area contributed by atoms with Gasteiger partial charge in [-0.25, -0.2) is 0 Å². The first-order chi connectivity index (χ1) is 9.13. The molecule has 1 aromatic carbocycles. The van der Waals surface area contributed by atoms with Gasteiger partial charge < -0.3 is 20.9 Å². The standard InChI is InChI=1S/C14H22N2O3/c1-11(6-8-17)10-16-14(18)7-9-19-13-5-3-2-4-12(13)15/h2-5,11,17H,6-10,15H2,1H3,(H,16,18). The largest absolute Gasteiger partial charge is 0.491 e. The lowest BCUT2D eigenvalue weighted by molar-refractivity contribution is -0.121. The van der Waals surface area contributed by atoms with Crippen molar-refractivity contribution in [3.05, 3.63) is 24.3 Å². The summed E-state index contributed by atoms with van der Waals surface area (Å²) in [5.74, 6) is 0.822. The third-order valence-electron chi connectivity index (χ3n) is 2.78. The maximum Gasteiger partial charge on any atom is 0.223 e. The molecule has 19 heavy (non-hydrogen) atoms. The summed E-state index contributed by atoms with van der Waals surface area (Å²) in [5.41, 5.74) is 6.29. The lowest BCUT2D eigenvalue weighted by atomic mass is 10.1. The molecule has 0 saturated heterocycles. The van der Waals surface area contributed by atoms with Crippen LogP contribution in [0.1, 0.15) is 19.8 Å². The highest BCUT2D eigenvalue weighted by Gasteiger charge is 2.06. The topological polar surface area (TPSA) is 84.6 Å². The number of rotatable bonds is 8. The van der Waals surface area contributed by atoms with E-state index in [0.717, 1.165) is 0 Å². The Labute approximate surface area is 113 Å². The number of nitrogen functional groups attached to an aromatic ring is 1. The van der Waals surface area contributed by atoms with Crippen LogP contribution in [-0.2, 0) is 4.79 Å². The predicted molar refractivity (Wildman–Crippen MR) is 74.8 cm³/mol. The van der Waals surface area contributed by atoms with Crippen molar-refractivity contribution in [2.24, 2.45) is 5.92 Å². The number of carbonyl (C=O) groups is 1. The summed E-state index contributed by atoms with van der Waals surface area (Å²) >= 11 is 0. The maximum absolute atomic E-state index is 11.5. The molecule has 0 spiro atoms. The highest BCUT2D eigenvalue weighted by molar-refractivity contribution is 5.76. The Balaban J connectivity index is 2.19. The van der Waals surface area contributed by atoms with Gasteiger partial charge in [0.1, 0.15) is 5.75 Å². The zero-order chi connectivity index (χ0) is 14.1. The van der Waals surface area contributed by atoms with Crippen molar-refractivity contribution in [2.75, 3.05) is 25.5 Å².